The van der Waals surface area contributed by atoms with Crippen LogP contribution in [0.25, 0.3) is 0 Å². The number of aliphatic hydroxyl groups is 1. The van der Waals surface area contributed by atoms with Gasteiger partial charge in [-0.2, -0.15) is 0 Å². The lowest BCUT2D eigenvalue weighted by Crippen LogP contribution is -2.50. The van der Waals surface area contributed by atoms with Crippen molar-refractivity contribution < 1.29 is 24.5 Å². The molecule has 0 fully saturated rings. The Hall–Kier alpha value is -1.18. The monoisotopic (exact) mass is 234 g/mol. The number of carboxylic acids is 1. The molecule has 2 unspecified atom stereocenters. The van der Waals surface area contributed by atoms with Crippen LogP contribution >= 0.6 is 0 Å². The zero-order valence-electron chi connectivity index (χ0n) is 9.40. The number of nitrogens with one attached hydrogen (secondary N) is 2. The number of ether oxygens (including phenoxy) is 1. The van der Waals surface area contributed by atoms with Gasteiger partial charge in [0.25, 0.3) is 0 Å². The third-order valence-corrected chi connectivity index (χ3v) is 1.87. The number of rotatable bonds is 8. The van der Waals surface area contributed by atoms with E-state index in [4.69, 9.17) is 14.9 Å². The van der Waals surface area contributed by atoms with Gasteiger partial charge in [0.15, 0.2) is 0 Å². The van der Waals surface area contributed by atoms with Crippen molar-refractivity contribution in [3.8, 4) is 0 Å². The van der Waals surface area contributed by atoms with Crippen LogP contribution in [0.15, 0.2) is 0 Å². The smallest absolute Gasteiger partial charge is 0.327 e. The molecule has 0 aliphatic heterocycles. The van der Waals surface area contributed by atoms with Crippen molar-refractivity contribution in [1.29, 1.82) is 0 Å². The Kier molecular flexibility index (Phi) is 7.44. The van der Waals surface area contributed by atoms with Gasteiger partial charge in [-0.05, 0) is 0 Å². The van der Waals surface area contributed by atoms with Gasteiger partial charge < -0.3 is 25.6 Å². The summed E-state index contributed by atoms with van der Waals surface area (Å²) >= 11 is 0. The Bertz CT molecular complexity index is 234. The number of hydrogen-bond acceptors (Lipinski definition) is 5. The van der Waals surface area contributed by atoms with E-state index in [1.807, 2.05) is 0 Å². The van der Waals surface area contributed by atoms with Gasteiger partial charge in [-0.15, -0.1) is 0 Å². The topological polar surface area (TPSA) is 108 Å². The predicted molar refractivity (Wildman–Crippen MR) is 56.0 cm³/mol. The molecule has 0 aliphatic rings. The molecule has 0 saturated carbocycles. The van der Waals surface area contributed by atoms with Crippen molar-refractivity contribution in [3.05, 3.63) is 0 Å². The van der Waals surface area contributed by atoms with Crippen molar-refractivity contribution in [1.82, 2.24) is 10.6 Å². The van der Waals surface area contributed by atoms with Gasteiger partial charge in [0.05, 0.1) is 19.3 Å². The highest BCUT2D eigenvalue weighted by Crippen LogP contribution is 1.87. The first-order valence-corrected chi connectivity index (χ1v) is 4.84. The summed E-state index contributed by atoms with van der Waals surface area (Å²) in [6.45, 7) is 1.38. The van der Waals surface area contributed by atoms with E-state index in [1.165, 1.54) is 14.0 Å². The summed E-state index contributed by atoms with van der Waals surface area (Å²) in [5.41, 5.74) is 0. The summed E-state index contributed by atoms with van der Waals surface area (Å²) in [6.07, 6.45) is 0. The molecule has 0 aromatic heterocycles. The maximum absolute atomic E-state index is 10.7. The molecule has 94 valence electrons. The summed E-state index contributed by atoms with van der Waals surface area (Å²) in [5, 5.41) is 22.8. The number of amides is 1. The Morgan fingerprint density at radius 1 is 1.44 bits per heavy atom. The molecule has 0 saturated heterocycles. The number of aliphatic hydroxyl groups excluding tert-OH is 1. The van der Waals surface area contributed by atoms with Crippen molar-refractivity contribution in [2.24, 2.45) is 0 Å². The van der Waals surface area contributed by atoms with Crippen LogP contribution in [-0.2, 0) is 14.3 Å². The average Bonchev–Trinajstić information content (AvgIpc) is 2.21. The molecule has 0 rings (SSSR count). The molecule has 0 aromatic carbocycles. The fourth-order valence-corrected chi connectivity index (χ4v) is 1.11. The highest BCUT2D eigenvalue weighted by Gasteiger charge is 2.19. The molecule has 0 aliphatic carbocycles. The quantitative estimate of drug-likeness (QED) is 0.393. The maximum Gasteiger partial charge on any atom is 0.327 e. The highest BCUT2D eigenvalue weighted by molar-refractivity contribution is 5.82. The third kappa shape index (κ3) is 6.33. The summed E-state index contributed by atoms with van der Waals surface area (Å²) in [4.78, 5) is 21.5. The first kappa shape index (κ1) is 14.8. The van der Waals surface area contributed by atoms with E-state index in [0.717, 1.165) is 0 Å². The molecule has 4 N–H and O–H groups in total. The SMILES string of the molecule is COCC(CO)NCC(NC(C)=O)C(=O)O. The van der Waals surface area contributed by atoms with Gasteiger partial charge in [0.2, 0.25) is 5.91 Å². The number of carboxylic acid groups (broad SMARTS) is 1. The molecule has 0 radical (unpaired) electrons. The summed E-state index contributed by atoms with van der Waals surface area (Å²) in [7, 11) is 1.48. The fourth-order valence-electron chi connectivity index (χ4n) is 1.11. The minimum absolute atomic E-state index is 0.0312. The minimum atomic E-state index is -1.13. The van der Waals surface area contributed by atoms with Crippen LogP contribution in [0.5, 0.6) is 0 Å². The lowest BCUT2D eigenvalue weighted by atomic mass is 10.2. The molecule has 7 heteroatoms. The van der Waals surface area contributed by atoms with Crippen molar-refractivity contribution in [2.75, 3.05) is 26.9 Å². The second-order valence-corrected chi connectivity index (χ2v) is 3.33. The first-order valence-electron chi connectivity index (χ1n) is 4.84. The summed E-state index contributed by atoms with van der Waals surface area (Å²) < 4.78 is 4.81. The third-order valence-electron chi connectivity index (χ3n) is 1.87. The second kappa shape index (κ2) is 8.03. The fraction of sp³-hybridized carbons (Fsp3) is 0.778. The van der Waals surface area contributed by atoms with E-state index in [0.29, 0.717) is 0 Å². The van der Waals surface area contributed by atoms with Crippen LogP contribution in [0.1, 0.15) is 6.92 Å². The molecule has 0 aromatic rings. The lowest BCUT2D eigenvalue weighted by Gasteiger charge is -2.19. The normalized spacial score (nSPS) is 14.2. The predicted octanol–water partition coefficient (Wildman–Crippen LogP) is -1.83. The van der Waals surface area contributed by atoms with Crippen LogP contribution in [0.2, 0.25) is 0 Å². The van der Waals surface area contributed by atoms with E-state index >= 15 is 0 Å². The Morgan fingerprint density at radius 3 is 2.44 bits per heavy atom. The van der Waals surface area contributed by atoms with Gasteiger partial charge >= 0.3 is 5.97 Å². The van der Waals surface area contributed by atoms with Gasteiger partial charge in [0, 0.05) is 20.6 Å². The van der Waals surface area contributed by atoms with Gasteiger partial charge in [-0.1, -0.05) is 0 Å². The summed E-state index contributed by atoms with van der Waals surface area (Å²) in [6, 6.07) is -1.36. The largest absolute Gasteiger partial charge is 0.480 e. The van der Waals surface area contributed by atoms with Crippen LogP contribution < -0.4 is 10.6 Å². The minimum Gasteiger partial charge on any atom is -0.480 e. The van der Waals surface area contributed by atoms with E-state index in [9.17, 15) is 9.59 Å². The molecule has 0 spiro atoms. The Morgan fingerprint density at radius 2 is 2.06 bits per heavy atom. The van der Waals surface area contributed by atoms with Gasteiger partial charge in [0.1, 0.15) is 6.04 Å². The Labute approximate surface area is 93.8 Å². The van der Waals surface area contributed by atoms with E-state index in [2.05, 4.69) is 10.6 Å². The number of methoxy groups -OCH3 is 1. The number of carbonyl (C=O) groups is 2. The van der Waals surface area contributed by atoms with Crippen molar-refractivity contribution in [3.63, 3.8) is 0 Å². The first-order chi connectivity index (χ1) is 7.51. The van der Waals surface area contributed by atoms with Crippen molar-refractivity contribution >= 4 is 11.9 Å². The highest BCUT2D eigenvalue weighted by atomic mass is 16.5. The van der Waals surface area contributed by atoms with Crippen LogP contribution in [0.3, 0.4) is 0 Å². The molecule has 2 atom stereocenters. The molecule has 1 amide bonds. The molecular weight excluding hydrogens is 216 g/mol. The van der Waals surface area contributed by atoms with E-state index in [1.54, 1.807) is 0 Å². The van der Waals surface area contributed by atoms with Gasteiger partial charge in [-0.25, -0.2) is 4.79 Å². The number of hydrogen-bond donors (Lipinski definition) is 4. The maximum atomic E-state index is 10.7. The number of carbonyl (C=O) groups excluding carboxylic acids is 1. The lowest BCUT2D eigenvalue weighted by molar-refractivity contribution is -0.141. The molecule has 16 heavy (non-hydrogen) atoms. The van der Waals surface area contributed by atoms with Crippen LogP contribution in [0, 0.1) is 0 Å². The standard InChI is InChI=1S/C9H18N2O5/c1-6(13)11-8(9(14)15)3-10-7(4-12)5-16-2/h7-8,10,12H,3-5H2,1-2H3,(H,11,13)(H,14,15). The number of aliphatic carboxylic acids is 1. The van der Waals surface area contributed by atoms with Crippen LogP contribution in [0.4, 0.5) is 0 Å². The molecule has 7 nitrogen and oxygen atoms in total. The van der Waals surface area contributed by atoms with Crippen LogP contribution in [-0.4, -0.2) is 61.0 Å². The zero-order valence-corrected chi connectivity index (χ0v) is 9.40. The summed E-state index contributed by atoms with van der Waals surface area (Å²) in [5.74, 6) is -1.54. The van der Waals surface area contributed by atoms with Crippen molar-refractivity contribution in [2.45, 2.75) is 19.0 Å². The second-order valence-electron chi connectivity index (χ2n) is 3.33. The molecular formula is C9H18N2O5. The molecule has 0 heterocycles. The van der Waals surface area contributed by atoms with E-state index < -0.39 is 17.9 Å². The van der Waals surface area contributed by atoms with Gasteiger partial charge in [-0.3, -0.25) is 4.79 Å². The van der Waals surface area contributed by atoms with E-state index in [-0.39, 0.29) is 25.8 Å². The Balaban J connectivity index is 4.09. The zero-order chi connectivity index (χ0) is 12.6. The average molecular weight is 234 g/mol. The molecule has 0 bridgehead atoms.